The van der Waals surface area contributed by atoms with Crippen LogP contribution in [0, 0.1) is 41.9 Å². The van der Waals surface area contributed by atoms with E-state index in [4.69, 9.17) is 6.42 Å². The standard InChI is InChI=1S/C15H21NO/c1-3-9(2)16-15(17)14-12-5-10-4-11(7-12)8-13(14)6-10/h1,9-14H,4-8H2,2H3,(H,16,17). The lowest BCUT2D eigenvalue weighted by molar-refractivity contribution is -0.138. The number of rotatable bonds is 2. The summed E-state index contributed by atoms with van der Waals surface area (Å²) in [6.07, 6.45) is 11.9. The van der Waals surface area contributed by atoms with Crippen molar-refractivity contribution in [2.45, 2.75) is 45.1 Å². The molecule has 0 aromatic rings. The van der Waals surface area contributed by atoms with Gasteiger partial charge in [-0.25, -0.2) is 0 Å². The lowest BCUT2D eigenvalue weighted by Crippen LogP contribution is -2.52. The first-order chi connectivity index (χ1) is 8.17. The molecular formula is C15H21NO. The summed E-state index contributed by atoms with van der Waals surface area (Å²) in [5.74, 6) is 6.22. The van der Waals surface area contributed by atoms with Crippen molar-refractivity contribution in [2.24, 2.45) is 29.6 Å². The molecule has 2 nitrogen and oxygen atoms in total. The van der Waals surface area contributed by atoms with Gasteiger partial charge in [-0.1, -0.05) is 5.92 Å². The molecular weight excluding hydrogens is 210 g/mol. The minimum Gasteiger partial charge on any atom is -0.342 e. The Bertz CT molecular complexity index is 340. The van der Waals surface area contributed by atoms with Crippen LogP contribution >= 0.6 is 0 Å². The molecule has 2 heteroatoms. The van der Waals surface area contributed by atoms with Crippen LogP contribution in [0.1, 0.15) is 39.0 Å². The van der Waals surface area contributed by atoms with E-state index in [1.54, 1.807) is 0 Å². The van der Waals surface area contributed by atoms with E-state index >= 15 is 0 Å². The van der Waals surface area contributed by atoms with E-state index in [0.29, 0.717) is 11.8 Å². The predicted octanol–water partition coefficient (Wildman–Crippen LogP) is 2.20. The van der Waals surface area contributed by atoms with Crippen molar-refractivity contribution in [1.29, 1.82) is 0 Å². The first kappa shape index (κ1) is 11.1. The van der Waals surface area contributed by atoms with Crippen molar-refractivity contribution in [3.8, 4) is 12.3 Å². The molecule has 1 atom stereocenters. The maximum absolute atomic E-state index is 12.3. The SMILES string of the molecule is C#CC(C)NC(=O)C1C2CC3CC(C2)CC1C3. The lowest BCUT2D eigenvalue weighted by atomic mass is 9.51. The van der Waals surface area contributed by atoms with Gasteiger partial charge in [-0.3, -0.25) is 4.79 Å². The second-order valence-electron chi connectivity index (χ2n) is 6.35. The summed E-state index contributed by atoms with van der Waals surface area (Å²) >= 11 is 0. The molecule has 0 aromatic heterocycles. The summed E-state index contributed by atoms with van der Waals surface area (Å²) in [4.78, 5) is 12.3. The fourth-order valence-corrected chi connectivity index (χ4v) is 4.70. The third-order valence-corrected chi connectivity index (χ3v) is 5.14. The molecule has 1 amide bonds. The smallest absolute Gasteiger partial charge is 0.224 e. The Hall–Kier alpha value is -0.970. The maximum Gasteiger partial charge on any atom is 0.224 e. The molecule has 0 aliphatic heterocycles. The highest BCUT2D eigenvalue weighted by Crippen LogP contribution is 2.56. The Balaban J connectivity index is 1.72. The van der Waals surface area contributed by atoms with E-state index in [1.807, 2.05) is 6.92 Å². The highest BCUT2D eigenvalue weighted by atomic mass is 16.2. The molecule has 0 spiro atoms. The summed E-state index contributed by atoms with van der Waals surface area (Å²) < 4.78 is 0. The molecule has 92 valence electrons. The van der Waals surface area contributed by atoms with E-state index in [1.165, 1.54) is 32.1 Å². The van der Waals surface area contributed by atoms with Gasteiger partial charge in [0.1, 0.15) is 0 Å². The Morgan fingerprint density at radius 2 is 1.71 bits per heavy atom. The number of hydrogen-bond acceptors (Lipinski definition) is 1. The minimum atomic E-state index is -0.125. The topological polar surface area (TPSA) is 29.1 Å². The third kappa shape index (κ3) is 1.86. The van der Waals surface area contributed by atoms with Crippen LogP contribution in [0.25, 0.3) is 0 Å². The van der Waals surface area contributed by atoms with Crippen LogP contribution in [0.4, 0.5) is 0 Å². The summed E-state index contributed by atoms with van der Waals surface area (Å²) in [5, 5.41) is 2.98. The van der Waals surface area contributed by atoms with Gasteiger partial charge < -0.3 is 5.32 Å². The molecule has 1 N–H and O–H groups in total. The molecule has 1 unspecified atom stereocenters. The van der Waals surface area contributed by atoms with Crippen LogP contribution in [0.3, 0.4) is 0 Å². The zero-order valence-electron chi connectivity index (χ0n) is 10.5. The Kier molecular flexibility index (Phi) is 2.65. The molecule has 0 saturated heterocycles. The predicted molar refractivity (Wildman–Crippen MR) is 67.0 cm³/mol. The monoisotopic (exact) mass is 231 g/mol. The molecule has 4 fully saturated rings. The molecule has 4 rings (SSSR count). The van der Waals surface area contributed by atoms with E-state index < -0.39 is 0 Å². The first-order valence-corrected chi connectivity index (χ1v) is 6.94. The maximum atomic E-state index is 12.3. The van der Waals surface area contributed by atoms with E-state index in [-0.39, 0.29) is 17.9 Å². The van der Waals surface area contributed by atoms with Gasteiger partial charge in [0.15, 0.2) is 0 Å². The number of carbonyl (C=O) groups excluding carboxylic acids is 1. The number of carbonyl (C=O) groups is 1. The normalized spacial score (nSPS) is 44.1. The summed E-state index contributed by atoms with van der Waals surface area (Å²) in [5.41, 5.74) is 0. The highest BCUT2D eigenvalue weighted by Gasteiger charge is 2.50. The van der Waals surface area contributed by atoms with Gasteiger partial charge in [-0.15, -0.1) is 6.42 Å². The summed E-state index contributed by atoms with van der Waals surface area (Å²) in [7, 11) is 0. The number of nitrogens with one attached hydrogen (secondary N) is 1. The number of hydrogen-bond donors (Lipinski definition) is 1. The van der Waals surface area contributed by atoms with Crippen LogP contribution in [0.5, 0.6) is 0 Å². The van der Waals surface area contributed by atoms with Gasteiger partial charge in [0.05, 0.1) is 6.04 Å². The first-order valence-electron chi connectivity index (χ1n) is 6.94. The largest absolute Gasteiger partial charge is 0.342 e. The molecule has 4 aliphatic rings. The van der Waals surface area contributed by atoms with Crippen molar-refractivity contribution in [3.05, 3.63) is 0 Å². The lowest BCUT2D eigenvalue weighted by Gasteiger charge is -2.53. The van der Waals surface area contributed by atoms with Gasteiger partial charge in [-0.05, 0) is 62.7 Å². The van der Waals surface area contributed by atoms with Gasteiger partial charge in [-0.2, -0.15) is 0 Å². The quantitative estimate of drug-likeness (QED) is 0.725. The van der Waals surface area contributed by atoms with E-state index in [0.717, 1.165) is 11.8 Å². The van der Waals surface area contributed by atoms with Crippen molar-refractivity contribution in [2.75, 3.05) is 0 Å². The van der Waals surface area contributed by atoms with Crippen LogP contribution in [-0.2, 0) is 4.79 Å². The average molecular weight is 231 g/mol. The molecule has 4 saturated carbocycles. The van der Waals surface area contributed by atoms with Crippen LogP contribution < -0.4 is 5.32 Å². The van der Waals surface area contributed by atoms with Crippen LogP contribution in [0.15, 0.2) is 0 Å². The Labute approximate surface area is 104 Å². The van der Waals surface area contributed by atoms with Crippen molar-refractivity contribution < 1.29 is 4.79 Å². The number of amides is 1. The zero-order valence-corrected chi connectivity index (χ0v) is 10.5. The zero-order chi connectivity index (χ0) is 12.0. The van der Waals surface area contributed by atoms with Crippen molar-refractivity contribution in [1.82, 2.24) is 5.32 Å². The van der Waals surface area contributed by atoms with E-state index in [2.05, 4.69) is 11.2 Å². The highest BCUT2D eigenvalue weighted by molar-refractivity contribution is 5.80. The molecule has 0 heterocycles. The molecule has 0 aromatic carbocycles. The second kappa shape index (κ2) is 4.05. The van der Waals surface area contributed by atoms with Gasteiger partial charge in [0.25, 0.3) is 0 Å². The Morgan fingerprint density at radius 1 is 1.18 bits per heavy atom. The van der Waals surface area contributed by atoms with Crippen molar-refractivity contribution in [3.63, 3.8) is 0 Å². The molecule has 4 aliphatic carbocycles. The molecule has 4 bridgehead atoms. The number of terminal acetylenes is 1. The van der Waals surface area contributed by atoms with Crippen molar-refractivity contribution >= 4 is 5.91 Å². The van der Waals surface area contributed by atoms with Gasteiger partial charge in [0.2, 0.25) is 5.91 Å². The molecule has 0 radical (unpaired) electrons. The Morgan fingerprint density at radius 3 is 2.18 bits per heavy atom. The second-order valence-corrected chi connectivity index (χ2v) is 6.35. The summed E-state index contributed by atoms with van der Waals surface area (Å²) in [6, 6.07) is -0.125. The van der Waals surface area contributed by atoms with Gasteiger partial charge >= 0.3 is 0 Å². The third-order valence-electron chi connectivity index (χ3n) is 5.14. The summed E-state index contributed by atoms with van der Waals surface area (Å²) in [6.45, 7) is 1.88. The van der Waals surface area contributed by atoms with Crippen LogP contribution in [0.2, 0.25) is 0 Å². The fourth-order valence-electron chi connectivity index (χ4n) is 4.70. The molecule has 17 heavy (non-hydrogen) atoms. The minimum absolute atomic E-state index is 0.125. The van der Waals surface area contributed by atoms with E-state index in [9.17, 15) is 4.79 Å². The van der Waals surface area contributed by atoms with Gasteiger partial charge in [0, 0.05) is 5.92 Å². The van der Waals surface area contributed by atoms with Crippen LogP contribution in [-0.4, -0.2) is 11.9 Å². The fraction of sp³-hybridized carbons (Fsp3) is 0.800. The average Bonchev–Trinajstić information content (AvgIpc) is 2.27.